The van der Waals surface area contributed by atoms with Crippen LogP contribution in [0.5, 0.6) is 5.75 Å². The summed E-state index contributed by atoms with van der Waals surface area (Å²) in [5, 5.41) is 8.92. The number of anilines is 1. The number of hydrogen-bond acceptors (Lipinski definition) is 5. The Balaban J connectivity index is 2.40. The first-order chi connectivity index (χ1) is 12.2. The molecule has 2 rings (SSSR count). The summed E-state index contributed by atoms with van der Waals surface area (Å²) in [6, 6.07) is 3.60. The Morgan fingerprint density at radius 2 is 2.04 bits per heavy atom. The van der Waals surface area contributed by atoms with E-state index >= 15 is 0 Å². The average molecular weight is 402 g/mol. The molecule has 26 heavy (non-hydrogen) atoms. The van der Waals surface area contributed by atoms with Crippen molar-refractivity contribution in [3.05, 3.63) is 51.4 Å². The van der Waals surface area contributed by atoms with Gasteiger partial charge in [0.1, 0.15) is 5.82 Å². The largest absolute Gasteiger partial charge is 0.478 e. The summed E-state index contributed by atoms with van der Waals surface area (Å²) in [6.45, 7) is 0. The van der Waals surface area contributed by atoms with Crippen LogP contribution in [-0.4, -0.2) is 22.0 Å². The molecule has 7 nitrogen and oxygen atoms in total. The minimum Gasteiger partial charge on any atom is -0.478 e. The van der Waals surface area contributed by atoms with Gasteiger partial charge in [-0.3, -0.25) is 4.79 Å². The predicted molar refractivity (Wildman–Crippen MR) is 93.6 cm³/mol. The number of benzene rings is 1. The lowest BCUT2D eigenvalue weighted by atomic mass is 10.1. The van der Waals surface area contributed by atoms with Crippen LogP contribution in [0.4, 0.5) is 10.2 Å². The summed E-state index contributed by atoms with van der Waals surface area (Å²) in [5.74, 6) is -2.98. The SMILES string of the molecule is NC(=O)CCc1cnc(N)c(OC(C(=O)O)c2c(Cl)ccc(F)c2Cl)c1. The number of nitrogens with two attached hydrogens (primary N) is 2. The molecule has 138 valence electrons. The van der Waals surface area contributed by atoms with E-state index in [4.69, 9.17) is 39.4 Å². The topological polar surface area (TPSA) is 129 Å². The van der Waals surface area contributed by atoms with E-state index in [1.807, 2.05) is 0 Å². The van der Waals surface area contributed by atoms with E-state index in [0.717, 1.165) is 6.07 Å². The van der Waals surface area contributed by atoms with Gasteiger partial charge in [0.25, 0.3) is 0 Å². The maximum atomic E-state index is 13.7. The second kappa shape index (κ2) is 8.20. The molecule has 0 saturated carbocycles. The van der Waals surface area contributed by atoms with E-state index in [9.17, 15) is 19.1 Å². The monoisotopic (exact) mass is 401 g/mol. The first kappa shape index (κ1) is 19.7. The molecule has 10 heteroatoms. The lowest BCUT2D eigenvalue weighted by molar-refractivity contribution is -0.145. The van der Waals surface area contributed by atoms with Crippen molar-refractivity contribution in [2.24, 2.45) is 5.73 Å². The van der Waals surface area contributed by atoms with Gasteiger partial charge in [0.2, 0.25) is 12.0 Å². The Kier molecular flexibility index (Phi) is 6.23. The summed E-state index contributed by atoms with van der Waals surface area (Å²) < 4.78 is 19.1. The van der Waals surface area contributed by atoms with Crippen LogP contribution < -0.4 is 16.2 Å². The van der Waals surface area contributed by atoms with Gasteiger partial charge in [-0.15, -0.1) is 0 Å². The second-order valence-corrected chi connectivity index (χ2v) is 6.07. The van der Waals surface area contributed by atoms with Crippen LogP contribution in [0.15, 0.2) is 24.4 Å². The van der Waals surface area contributed by atoms with Crippen molar-refractivity contribution < 1.29 is 23.8 Å². The van der Waals surface area contributed by atoms with Gasteiger partial charge in [-0.2, -0.15) is 0 Å². The molecule has 0 bridgehead atoms. The third-order valence-electron chi connectivity index (χ3n) is 3.41. The predicted octanol–water partition coefficient (Wildman–Crippen LogP) is 2.73. The highest BCUT2D eigenvalue weighted by atomic mass is 35.5. The number of pyridine rings is 1. The fraction of sp³-hybridized carbons (Fsp3) is 0.188. The molecule has 1 aromatic heterocycles. The first-order valence-corrected chi connectivity index (χ1v) is 8.01. The van der Waals surface area contributed by atoms with Gasteiger partial charge in [0, 0.05) is 23.2 Å². The van der Waals surface area contributed by atoms with Crippen LogP contribution in [0.1, 0.15) is 23.7 Å². The summed E-state index contributed by atoms with van der Waals surface area (Å²) in [5.41, 5.74) is 11.1. The van der Waals surface area contributed by atoms with Crippen molar-refractivity contribution in [2.45, 2.75) is 18.9 Å². The van der Waals surface area contributed by atoms with Crippen molar-refractivity contribution in [2.75, 3.05) is 5.73 Å². The molecule has 2 aromatic rings. The van der Waals surface area contributed by atoms with E-state index in [-0.39, 0.29) is 35.0 Å². The number of hydrogen-bond donors (Lipinski definition) is 3. The Hall–Kier alpha value is -2.58. The number of primary amides is 1. The fourth-order valence-electron chi connectivity index (χ4n) is 2.14. The number of carboxylic acids is 1. The van der Waals surface area contributed by atoms with Gasteiger partial charge in [-0.25, -0.2) is 14.2 Å². The number of aliphatic carboxylic acids is 1. The van der Waals surface area contributed by atoms with Crippen molar-refractivity contribution in [1.29, 1.82) is 0 Å². The van der Waals surface area contributed by atoms with Crippen LogP contribution in [0, 0.1) is 5.82 Å². The smallest absolute Gasteiger partial charge is 0.349 e. The molecule has 0 radical (unpaired) electrons. The number of carbonyl (C=O) groups excluding carboxylic acids is 1. The molecule has 1 aromatic carbocycles. The van der Waals surface area contributed by atoms with Crippen molar-refractivity contribution >= 4 is 40.9 Å². The molecule has 5 N–H and O–H groups in total. The highest BCUT2D eigenvalue weighted by molar-refractivity contribution is 6.36. The lowest BCUT2D eigenvalue weighted by Gasteiger charge is -2.19. The number of aryl methyl sites for hydroxylation is 1. The highest BCUT2D eigenvalue weighted by Crippen LogP contribution is 2.36. The van der Waals surface area contributed by atoms with Crippen LogP contribution in [0.2, 0.25) is 10.0 Å². The minimum absolute atomic E-state index is 0.0644. The van der Waals surface area contributed by atoms with Gasteiger partial charge in [0.05, 0.1) is 5.02 Å². The molecule has 1 atom stereocenters. The number of halogens is 3. The number of rotatable bonds is 7. The van der Waals surface area contributed by atoms with Crippen LogP contribution in [0.25, 0.3) is 0 Å². The molecule has 0 aliphatic heterocycles. The Morgan fingerprint density at radius 1 is 1.35 bits per heavy atom. The van der Waals surface area contributed by atoms with Crippen LogP contribution in [0.3, 0.4) is 0 Å². The van der Waals surface area contributed by atoms with Gasteiger partial charge in [-0.05, 0) is 30.2 Å². The van der Waals surface area contributed by atoms with Crippen LogP contribution >= 0.6 is 23.2 Å². The minimum atomic E-state index is -1.72. The zero-order valence-electron chi connectivity index (χ0n) is 13.2. The van der Waals surface area contributed by atoms with Gasteiger partial charge in [-0.1, -0.05) is 23.2 Å². The number of carboxylic acid groups (broad SMARTS) is 1. The van der Waals surface area contributed by atoms with E-state index in [1.165, 1.54) is 18.3 Å². The standard InChI is InChI=1S/C16H14Cl2FN3O4/c17-8-2-3-9(19)13(18)12(8)14(16(24)25)26-10-5-7(1-4-11(20)23)6-22-15(10)21/h2-3,5-6,14H,1,4H2,(H2,20,23)(H2,21,22)(H,24,25). The molecule has 1 unspecified atom stereocenters. The van der Waals surface area contributed by atoms with Crippen LogP contribution in [-0.2, 0) is 16.0 Å². The number of nitrogen functional groups attached to an aromatic ring is 1. The Labute approximate surface area is 157 Å². The molecule has 1 heterocycles. The number of aromatic nitrogens is 1. The number of ether oxygens (including phenoxy) is 1. The van der Waals surface area contributed by atoms with E-state index in [1.54, 1.807) is 0 Å². The average Bonchev–Trinajstić information content (AvgIpc) is 2.57. The van der Waals surface area contributed by atoms with Crippen molar-refractivity contribution in [3.63, 3.8) is 0 Å². The quantitative estimate of drug-likeness (QED) is 0.611. The molecule has 0 fully saturated rings. The maximum Gasteiger partial charge on any atom is 0.349 e. The number of carbonyl (C=O) groups is 2. The van der Waals surface area contributed by atoms with Gasteiger partial charge >= 0.3 is 5.97 Å². The summed E-state index contributed by atoms with van der Waals surface area (Å²) in [4.78, 5) is 26.4. The van der Waals surface area contributed by atoms with Crippen molar-refractivity contribution in [1.82, 2.24) is 4.98 Å². The Morgan fingerprint density at radius 3 is 2.65 bits per heavy atom. The molecular formula is C16H14Cl2FN3O4. The third kappa shape index (κ3) is 4.53. The van der Waals surface area contributed by atoms with Crippen molar-refractivity contribution in [3.8, 4) is 5.75 Å². The first-order valence-electron chi connectivity index (χ1n) is 7.26. The van der Waals surface area contributed by atoms with E-state index in [2.05, 4.69) is 4.98 Å². The summed E-state index contributed by atoms with van der Waals surface area (Å²) in [6.07, 6.45) is 0.0112. The Bertz CT molecular complexity index is 864. The van der Waals surface area contributed by atoms with E-state index in [0.29, 0.717) is 5.56 Å². The number of nitrogens with zero attached hydrogens (tertiary/aromatic N) is 1. The molecule has 0 aliphatic carbocycles. The van der Waals surface area contributed by atoms with E-state index < -0.39 is 28.8 Å². The molecule has 1 amide bonds. The maximum absolute atomic E-state index is 13.7. The summed E-state index contributed by atoms with van der Waals surface area (Å²) in [7, 11) is 0. The second-order valence-electron chi connectivity index (χ2n) is 5.29. The fourth-order valence-corrected chi connectivity index (χ4v) is 2.71. The van der Waals surface area contributed by atoms with Gasteiger partial charge in [0.15, 0.2) is 11.6 Å². The zero-order chi connectivity index (χ0) is 19.4. The molecule has 0 spiro atoms. The third-order valence-corrected chi connectivity index (χ3v) is 4.12. The highest BCUT2D eigenvalue weighted by Gasteiger charge is 2.29. The lowest BCUT2D eigenvalue weighted by Crippen LogP contribution is -2.20. The molecular weight excluding hydrogens is 388 g/mol. The summed E-state index contributed by atoms with van der Waals surface area (Å²) >= 11 is 11.8. The molecule has 0 saturated heterocycles. The normalized spacial score (nSPS) is 11.8. The zero-order valence-corrected chi connectivity index (χ0v) is 14.7. The number of amides is 1. The van der Waals surface area contributed by atoms with Gasteiger partial charge < -0.3 is 21.3 Å². The molecule has 0 aliphatic rings.